The molecule has 0 saturated heterocycles. The van der Waals surface area contributed by atoms with E-state index in [1.54, 1.807) is 0 Å². The first-order valence-corrected chi connectivity index (χ1v) is 8.08. The average Bonchev–Trinajstić information content (AvgIpc) is 3.32. The highest BCUT2D eigenvalue weighted by Gasteiger charge is 2.39. The van der Waals surface area contributed by atoms with Crippen LogP contribution in [0, 0.1) is 19.3 Å². The van der Waals surface area contributed by atoms with Crippen LogP contribution in [0.15, 0.2) is 16.4 Å². The van der Waals surface area contributed by atoms with Gasteiger partial charge in [-0.05, 0) is 31.7 Å². The Labute approximate surface area is 136 Å². The Balaban J connectivity index is 1.46. The van der Waals surface area contributed by atoms with Crippen LogP contribution >= 0.6 is 0 Å². The molecule has 1 aromatic rings. The van der Waals surface area contributed by atoms with Crippen molar-refractivity contribution in [3.63, 3.8) is 0 Å². The Morgan fingerprint density at radius 2 is 2.30 bits per heavy atom. The number of terminal acetylenes is 1. The van der Waals surface area contributed by atoms with Crippen molar-refractivity contribution in [1.29, 1.82) is 0 Å². The maximum absolute atomic E-state index is 12.2. The van der Waals surface area contributed by atoms with E-state index in [9.17, 15) is 4.79 Å². The van der Waals surface area contributed by atoms with Crippen molar-refractivity contribution in [2.75, 3.05) is 0 Å². The van der Waals surface area contributed by atoms with E-state index in [0.717, 1.165) is 42.8 Å². The van der Waals surface area contributed by atoms with E-state index in [0.29, 0.717) is 19.3 Å². The molecule has 2 heterocycles. The molecule has 0 fully saturated rings. The predicted molar refractivity (Wildman–Crippen MR) is 85.6 cm³/mol. The molecular weight excluding hydrogens is 290 g/mol. The number of carbonyl (C=O) groups is 1. The zero-order chi connectivity index (χ0) is 16.3. The van der Waals surface area contributed by atoms with E-state index in [4.69, 9.17) is 6.42 Å². The molecule has 1 atom stereocenters. The number of hydrogen-bond acceptors (Lipinski definition) is 5. The standard InChI is InChI=1S/C17H21N5O/c1-3-4-8-17(21-22-17)9-7-16(23)20-14-5-6-15-13(10-14)11-18-12(2)19-15/h1,11,14H,4-10H2,2H3,(H,20,23). The molecule has 0 aromatic carbocycles. The van der Waals surface area contributed by atoms with Gasteiger partial charge in [-0.2, -0.15) is 10.2 Å². The third kappa shape index (κ3) is 3.92. The third-order valence-corrected chi connectivity index (χ3v) is 4.44. The number of aryl methyl sites for hydroxylation is 2. The molecule has 23 heavy (non-hydrogen) atoms. The van der Waals surface area contributed by atoms with Gasteiger partial charge in [0.25, 0.3) is 0 Å². The minimum Gasteiger partial charge on any atom is -0.353 e. The van der Waals surface area contributed by atoms with Crippen molar-refractivity contribution >= 4 is 5.91 Å². The number of amides is 1. The number of hydrogen-bond donors (Lipinski definition) is 1. The summed E-state index contributed by atoms with van der Waals surface area (Å²) in [4.78, 5) is 20.9. The lowest BCUT2D eigenvalue weighted by Gasteiger charge is -2.25. The minimum absolute atomic E-state index is 0.0591. The van der Waals surface area contributed by atoms with Crippen LogP contribution in [-0.4, -0.2) is 27.6 Å². The Morgan fingerprint density at radius 1 is 1.48 bits per heavy atom. The zero-order valence-corrected chi connectivity index (χ0v) is 13.4. The monoisotopic (exact) mass is 311 g/mol. The first-order chi connectivity index (χ1) is 11.1. The van der Waals surface area contributed by atoms with Crippen LogP contribution in [-0.2, 0) is 17.6 Å². The maximum Gasteiger partial charge on any atom is 0.220 e. The summed E-state index contributed by atoms with van der Waals surface area (Å²) >= 11 is 0. The van der Waals surface area contributed by atoms with Crippen molar-refractivity contribution in [3.8, 4) is 12.3 Å². The number of nitrogens with one attached hydrogen (secondary N) is 1. The van der Waals surface area contributed by atoms with Crippen molar-refractivity contribution in [2.24, 2.45) is 10.2 Å². The lowest BCUT2D eigenvalue weighted by Crippen LogP contribution is -2.39. The Morgan fingerprint density at radius 3 is 3.04 bits per heavy atom. The van der Waals surface area contributed by atoms with Crippen LogP contribution in [0.2, 0.25) is 0 Å². The van der Waals surface area contributed by atoms with Gasteiger partial charge >= 0.3 is 0 Å². The van der Waals surface area contributed by atoms with Gasteiger partial charge in [0.1, 0.15) is 5.82 Å². The summed E-state index contributed by atoms with van der Waals surface area (Å²) < 4.78 is 0. The summed E-state index contributed by atoms with van der Waals surface area (Å²) in [6.07, 6.45) is 12.2. The molecule has 1 aliphatic heterocycles. The molecule has 0 bridgehead atoms. The van der Waals surface area contributed by atoms with Crippen molar-refractivity contribution in [2.45, 2.75) is 63.6 Å². The molecule has 2 aliphatic rings. The zero-order valence-electron chi connectivity index (χ0n) is 13.4. The van der Waals surface area contributed by atoms with Crippen LogP contribution in [0.3, 0.4) is 0 Å². The highest BCUT2D eigenvalue weighted by atomic mass is 16.1. The highest BCUT2D eigenvalue weighted by Crippen LogP contribution is 2.37. The fourth-order valence-corrected chi connectivity index (χ4v) is 3.01. The van der Waals surface area contributed by atoms with E-state index in [2.05, 4.69) is 31.4 Å². The molecule has 0 saturated carbocycles. The van der Waals surface area contributed by atoms with Crippen molar-refractivity contribution in [1.82, 2.24) is 15.3 Å². The first kappa shape index (κ1) is 15.6. The fraction of sp³-hybridized carbons (Fsp3) is 0.588. The molecule has 0 spiro atoms. The number of carbonyl (C=O) groups excluding carboxylic acids is 1. The van der Waals surface area contributed by atoms with E-state index >= 15 is 0 Å². The van der Waals surface area contributed by atoms with Gasteiger partial charge in [-0.15, -0.1) is 12.3 Å². The highest BCUT2D eigenvalue weighted by molar-refractivity contribution is 5.76. The van der Waals surface area contributed by atoms with Gasteiger partial charge in [-0.3, -0.25) is 4.79 Å². The van der Waals surface area contributed by atoms with Gasteiger partial charge in [0, 0.05) is 43.6 Å². The second-order valence-corrected chi connectivity index (χ2v) is 6.28. The van der Waals surface area contributed by atoms with E-state index in [1.165, 1.54) is 0 Å². The largest absolute Gasteiger partial charge is 0.353 e. The second kappa shape index (κ2) is 6.45. The second-order valence-electron chi connectivity index (χ2n) is 6.28. The Kier molecular flexibility index (Phi) is 4.37. The summed E-state index contributed by atoms with van der Waals surface area (Å²) in [6.45, 7) is 1.90. The summed E-state index contributed by atoms with van der Waals surface area (Å²) in [7, 11) is 0. The molecular formula is C17H21N5O. The summed E-state index contributed by atoms with van der Waals surface area (Å²) in [5.41, 5.74) is 1.88. The van der Waals surface area contributed by atoms with Gasteiger partial charge < -0.3 is 5.32 Å². The molecule has 1 aromatic heterocycles. The van der Waals surface area contributed by atoms with Gasteiger partial charge in [-0.1, -0.05) is 0 Å². The number of fused-ring (bicyclic) bond motifs is 1. The first-order valence-electron chi connectivity index (χ1n) is 8.08. The number of aromatic nitrogens is 2. The molecule has 0 radical (unpaired) electrons. The molecule has 1 aliphatic carbocycles. The van der Waals surface area contributed by atoms with Crippen LogP contribution in [0.5, 0.6) is 0 Å². The normalized spacial score (nSPS) is 20.4. The molecule has 1 N–H and O–H groups in total. The topological polar surface area (TPSA) is 79.6 Å². The summed E-state index contributed by atoms with van der Waals surface area (Å²) in [5, 5.41) is 11.2. The van der Waals surface area contributed by atoms with Gasteiger partial charge in [0.05, 0.1) is 0 Å². The molecule has 120 valence electrons. The average molecular weight is 311 g/mol. The fourth-order valence-electron chi connectivity index (χ4n) is 3.01. The predicted octanol–water partition coefficient (Wildman–Crippen LogP) is 2.11. The van der Waals surface area contributed by atoms with E-state index < -0.39 is 0 Å². The van der Waals surface area contributed by atoms with E-state index in [1.807, 2.05) is 13.1 Å². The molecule has 1 unspecified atom stereocenters. The summed E-state index contributed by atoms with van der Waals surface area (Å²) in [5.74, 6) is 3.46. The molecule has 3 rings (SSSR count). The minimum atomic E-state index is -0.381. The van der Waals surface area contributed by atoms with Gasteiger partial charge in [0.15, 0.2) is 5.66 Å². The number of nitrogens with zero attached hydrogens (tertiary/aromatic N) is 4. The maximum atomic E-state index is 12.2. The SMILES string of the molecule is C#CCCC1(CCC(=O)NC2CCc3nc(C)ncc3C2)N=N1. The Hall–Kier alpha value is -2.29. The lowest BCUT2D eigenvalue weighted by atomic mass is 9.92. The van der Waals surface area contributed by atoms with Crippen LogP contribution in [0.25, 0.3) is 0 Å². The Bertz CT molecular complexity index is 670. The summed E-state index contributed by atoms with van der Waals surface area (Å²) in [6, 6.07) is 0.163. The van der Waals surface area contributed by atoms with Crippen LogP contribution < -0.4 is 5.32 Å². The van der Waals surface area contributed by atoms with Crippen LogP contribution in [0.1, 0.15) is 49.2 Å². The molecule has 6 nitrogen and oxygen atoms in total. The van der Waals surface area contributed by atoms with Crippen LogP contribution in [0.4, 0.5) is 0 Å². The van der Waals surface area contributed by atoms with Crippen molar-refractivity contribution < 1.29 is 4.79 Å². The molecule has 6 heteroatoms. The van der Waals surface area contributed by atoms with E-state index in [-0.39, 0.29) is 17.6 Å². The number of rotatable bonds is 6. The lowest BCUT2D eigenvalue weighted by molar-refractivity contribution is -0.122. The smallest absolute Gasteiger partial charge is 0.220 e. The third-order valence-electron chi connectivity index (χ3n) is 4.44. The van der Waals surface area contributed by atoms with Gasteiger partial charge in [0.2, 0.25) is 5.91 Å². The quantitative estimate of drug-likeness (QED) is 0.817. The van der Waals surface area contributed by atoms with Gasteiger partial charge in [-0.25, -0.2) is 9.97 Å². The van der Waals surface area contributed by atoms with Crippen molar-refractivity contribution in [3.05, 3.63) is 23.3 Å². The molecule has 1 amide bonds.